The Morgan fingerprint density at radius 3 is 2.88 bits per heavy atom. The number of rotatable bonds is 4. The van der Waals surface area contributed by atoms with Gasteiger partial charge in [0.05, 0.1) is 11.5 Å². The van der Waals surface area contributed by atoms with Gasteiger partial charge in [-0.05, 0) is 12.5 Å². The van der Waals surface area contributed by atoms with Crippen molar-refractivity contribution in [3.05, 3.63) is 39.9 Å². The number of hydrogen-bond donors (Lipinski definition) is 1. The fraction of sp³-hybridized carbons (Fsp3) is 0.300. The Bertz CT molecular complexity index is 406. The number of nitro groups is 1. The number of carbonyl (C=O) groups excluding carboxylic acids is 1. The molecule has 0 saturated carbocycles. The third kappa shape index (κ3) is 2.77. The summed E-state index contributed by atoms with van der Waals surface area (Å²) >= 11 is 0. The Kier molecular flexibility index (Phi) is 3.96. The van der Waals surface area contributed by atoms with E-state index in [0.717, 1.165) is 0 Å². The van der Waals surface area contributed by atoms with Crippen molar-refractivity contribution in [1.29, 1.82) is 0 Å². The second-order valence-corrected chi connectivity index (χ2v) is 3.08. The van der Waals surface area contributed by atoms with Gasteiger partial charge in [-0.2, -0.15) is 0 Å². The quantitative estimate of drug-likeness (QED) is 0.470. The number of esters is 1. The van der Waals surface area contributed by atoms with Crippen molar-refractivity contribution in [2.24, 2.45) is 5.73 Å². The molecule has 1 aromatic carbocycles. The van der Waals surface area contributed by atoms with Crippen molar-refractivity contribution in [2.75, 3.05) is 6.61 Å². The zero-order valence-corrected chi connectivity index (χ0v) is 8.75. The molecule has 0 aliphatic heterocycles. The van der Waals surface area contributed by atoms with Gasteiger partial charge in [0.15, 0.2) is 0 Å². The Morgan fingerprint density at radius 2 is 2.31 bits per heavy atom. The van der Waals surface area contributed by atoms with E-state index in [2.05, 4.69) is 0 Å². The Hall–Kier alpha value is -1.95. The van der Waals surface area contributed by atoms with Crippen LogP contribution in [0.5, 0.6) is 0 Å². The predicted octanol–water partition coefficient (Wildman–Crippen LogP) is 1.16. The third-order valence-corrected chi connectivity index (χ3v) is 1.98. The molecule has 86 valence electrons. The van der Waals surface area contributed by atoms with Gasteiger partial charge in [-0.3, -0.25) is 10.1 Å². The molecule has 0 radical (unpaired) electrons. The van der Waals surface area contributed by atoms with E-state index in [9.17, 15) is 14.9 Å². The molecule has 16 heavy (non-hydrogen) atoms. The fourth-order valence-electron chi connectivity index (χ4n) is 1.20. The van der Waals surface area contributed by atoms with Crippen LogP contribution < -0.4 is 5.73 Å². The van der Waals surface area contributed by atoms with Crippen LogP contribution in [0.1, 0.15) is 18.5 Å². The van der Waals surface area contributed by atoms with E-state index >= 15 is 0 Å². The highest BCUT2D eigenvalue weighted by molar-refractivity contribution is 5.77. The minimum absolute atomic E-state index is 0.0998. The fourth-order valence-corrected chi connectivity index (χ4v) is 1.20. The number of nitrogens with zero attached hydrogens (tertiary/aromatic N) is 1. The van der Waals surface area contributed by atoms with Gasteiger partial charge in [0.2, 0.25) is 0 Å². The monoisotopic (exact) mass is 224 g/mol. The molecule has 0 bridgehead atoms. The molecule has 6 heteroatoms. The first-order valence-electron chi connectivity index (χ1n) is 4.72. The van der Waals surface area contributed by atoms with E-state index in [1.807, 2.05) is 0 Å². The average Bonchev–Trinajstić information content (AvgIpc) is 2.28. The van der Waals surface area contributed by atoms with Crippen molar-refractivity contribution < 1.29 is 14.5 Å². The van der Waals surface area contributed by atoms with E-state index < -0.39 is 16.9 Å². The smallest absolute Gasteiger partial charge is 0.327 e. The predicted molar refractivity (Wildman–Crippen MR) is 56.7 cm³/mol. The van der Waals surface area contributed by atoms with Gasteiger partial charge in [0.25, 0.3) is 5.69 Å². The summed E-state index contributed by atoms with van der Waals surface area (Å²) in [6.07, 6.45) is 0. The van der Waals surface area contributed by atoms with Gasteiger partial charge in [-0.15, -0.1) is 0 Å². The van der Waals surface area contributed by atoms with E-state index in [1.165, 1.54) is 18.2 Å². The summed E-state index contributed by atoms with van der Waals surface area (Å²) in [7, 11) is 0. The highest BCUT2D eigenvalue weighted by Gasteiger charge is 2.18. The summed E-state index contributed by atoms with van der Waals surface area (Å²) in [5, 5.41) is 10.5. The number of ether oxygens (including phenoxy) is 1. The third-order valence-electron chi connectivity index (χ3n) is 1.98. The van der Waals surface area contributed by atoms with E-state index in [0.29, 0.717) is 5.56 Å². The lowest BCUT2D eigenvalue weighted by Crippen LogP contribution is -2.23. The van der Waals surface area contributed by atoms with Gasteiger partial charge in [-0.25, -0.2) is 4.79 Å². The van der Waals surface area contributed by atoms with E-state index in [4.69, 9.17) is 10.5 Å². The number of nitrogens with two attached hydrogens (primary N) is 1. The summed E-state index contributed by atoms with van der Waals surface area (Å²) in [5.41, 5.74) is 5.86. The summed E-state index contributed by atoms with van der Waals surface area (Å²) in [6.45, 7) is 1.89. The highest BCUT2D eigenvalue weighted by atomic mass is 16.6. The van der Waals surface area contributed by atoms with Crippen molar-refractivity contribution >= 4 is 11.7 Å². The first-order valence-corrected chi connectivity index (χ1v) is 4.72. The summed E-state index contributed by atoms with van der Waals surface area (Å²) < 4.78 is 4.72. The van der Waals surface area contributed by atoms with Crippen molar-refractivity contribution in [1.82, 2.24) is 0 Å². The zero-order valence-electron chi connectivity index (χ0n) is 8.75. The molecule has 0 aliphatic carbocycles. The maximum atomic E-state index is 11.3. The zero-order chi connectivity index (χ0) is 12.1. The van der Waals surface area contributed by atoms with E-state index in [-0.39, 0.29) is 12.3 Å². The first-order chi connectivity index (χ1) is 7.56. The standard InChI is InChI=1S/C10H12N2O4/c1-2-16-10(13)9(11)7-4-3-5-8(6-7)12(14)15/h3-6,9H,2,11H2,1H3. The van der Waals surface area contributed by atoms with Crippen LogP contribution in [-0.4, -0.2) is 17.5 Å². The van der Waals surface area contributed by atoms with Crippen LogP contribution in [0.4, 0.5) is 5.69 Å². The molecule has 0 amide bonds. The van der Waals surface area contributed by atoms with E-state index in [1.54, 1.807) is 13.0 Å². The van der Waals surface area contributed by atoms with Crippen LogP contribution >= 0.6 is 0 Å². The normalized spacial score (nSPS) is 11.9. The highest BCUT2D eigenvalue weighted by Crippen LogP contribution is 2.18. The maximum absolute atomic E-state index is 11.3. The summed E-state index contributed by atoms with van der Waals surface area (Å²) in [5.74, 6) is -0.594. The topological polar surface area (TPSA) is 95.5 Å². The van der Waals surface area contributed by atoms with Gasteiger partial charge in [-0.1, -0.05) is 12.1 Å². The number of carbonyl (C=O) groups is 1. The SMILES string of the molecule is CCOC(=O)C(N)c1cccc([N+](=O)[O-])c1. The first kappa shape index (κ1) is 12.1. The van der Waals surface area contributed by atoms with Crippen molar-refractivity contribution in [3.63, 3.8) is 0 Å². The van der Waals surface area contributed by atoms with Crippen molar-refractivity contribution in [3.8, 4) is 0 Å². The molecule has 2 N–H and O–H groups in total. The average molecular weight is 224 g/mol. The number of nitro benzene ring substituents is 1. The minimum atomic E-state index is -0.986. The molecule has 0 heterocycles. The summed E-state index contributed by atoms with van der Waals surface area (Å²) in [4.78, 5) is 21.3. The second-order valence-electron chi connectivity index (χ2n) is 3.08. The molecule has 1 rings (SSSR count). The molecular weight excluding hydrogens is 212 g/mol. The Labute approximate surface area is 92.2 Å². The lowest BCUT2D eigenvalue weighted by atomic mass is 10.1. The summed E-state index contributed by atoms with van der Waals surface area (Å²) in [6, 6.07) is 4.64. The molecule has 0 aromatic heterocycles. The number of benzene rings is 1. The Balaban J connectivity index is 2.91. The van der Waals surface area contributed by atoms with Gasteiger partial charge >= 0.3 is 5.97 Å². The molecule has 1 atom stereocenters. The van der Waals surface area contributed by atoms with Crippen molar-refractivity contribution in [2.45, 2.75) is 13.0 Å². The van der Waals surface area contributed by atoms with Crippen LogP contribution in [-0.2, 0) is 9.53 Å². The van der Waals surface area contributed by atoms with Crippen LogP contribution in [0, 0.1) is 10.1 Å². The lowest BCUT2D eigenvalue weighted by molar-refractivity contribution is -0.384. The molecule has 0 fully saturated rings. The largest absolute Gasteiger partial charge is 0.465 e. The van der Waals surface area contributed by atoms with Crippen LogP contribution in [0.2, 0.25) is 0 Å². The van der Waals surface area contributed by atoms with Crippen LogP contribution in [0.25, 0.3) is 0 Å². The number of hydrogen-bond acceptors (Lipinski definition) is 5. The Morgan fingerprint density at radius 1 is 1.62 bits per heavy atom. The minimum Gasteiger partial charge on any atom is -0.465 e. The molecule has 1 unspecified atom stereocenters. The molecule has 1 aromatic rings. The van der Waals surface area contributed by atoms with Gasteiger partial charge in [0, 0.05) is 12.1 Å². The lowest BCUT2D eigenvalue weighted by Gasteiger charge is -2.10. The van der Waals surface area contributed by atoms with Crippen LogP contribution in [0.3, 0.4) is 0 Å². The molecule has 0 spiro atoms. The van der Waals surface area contributed by atoms with Gasteiger partial charge in [0.1, 0.15) is 6.04 Å². The van der Waals surface area contributed by atoms with Crippen LogP contribution in [0.15, 0.2) is 24.3 Å². The van der Waals surface area contributed by atoms with Gasteiger partial charge < -0.3 is 10.5 Å². The second kappa shape index (κ2) is 5.22. The maximum Gasteiger partial charge on any atom is 0.327 e. The molecule has 6 nitrogen and oxygen atoms in total. The number of non-ortho nitro benzene ring substituents is 1. The molecule has 0 aliphatic rings. The molecular formula is C10H12N2O4. The molecule has 0 saturated heterocycles.